The first kappa shape index (κ1) is 13.0. The Bertz CT molecular complexity index is 699. The van der Waals surface area contributed by atoms with Crippen LogP contribution in [0.25, 0.3) is 10.2 Å². The average molecular weight is 303 g/mol. The molecule has 0 radical (unpaired) electrons. The van der Waals surface area contributed by atoms with Crippen LogP contribution in [-0.4, -0.2) is 41.1 Å². The van der Waals surface area contributed by atoms with E-state index in [-0.39, 0.29) is 18.1 Å². The molecule has 2 fully saturated rings. The smallest absolute Gasteiger partial charge is 0.266 e. The zero-order chi connectivity index (χ0) is 14.4. The third kappa shape index (κ3) is 2.01. The fourth-order valence-electron chi connectivity index (χ4n) is 3.42. The molecule has 5 nitrogen and oxygen atoms in total. The second-order valence-corrected chi connectivity index (χ2v) is 6.61. The van der Waals surface area contributed by atoms with Crippen molar-refractivity contribution in [3.63, 3.8) is 0 Å². The summed E-state index contributed by atoms with van der Waals surface area (Å²) in [5, 5.41) is 0.877. The van der Waals surface area contributed by atoms with Crippen LogP contribution in [0.3, 0.4) is 0 Å². The quantitative estimate of drug-likeness (QED) is 0.877. The Morgan fingerprint density at radius 3 is 3.24 bits per heavy atom. The van der Waals surface area contributed by atoms with Gasteiger partial charge in [0.1, 0.15) is 9.71 Å². The summed E-state index contributed by atoms with van der Waals surface area (Å²) >= 11 is 1.39. The number of carbonyl (C=O) groups is 1. The van der Waals surface area contributed by atoms with E-state index in [1.807, 2.05) is 17.0 Å². The molecular weight excluding hydrogens is 286 g/mol. The molecule has 6 heteroatoms. The van der Waals surface area contributed by atoms with Gasteiger partial charge >= 0.3 is 0 Å². The van der Waals surface area contributed by atoms with Gasteiger partial charge in [-0.25, -0.2) is 4.98 Å². The van der Waals surface area contributed by atoms with Gasteiger partial charge in [-0.1, -0.05) is 0 Å². The Morgan fingerprint density at radius 1 is 1.48 bits per heavy atom. The van der Waals surface area contributed by atoms with E-state index in [1.165, 1.54) is 11.3 Å². The summed E-state index contributed by atoms with van der Waals surface area (Å²) < 4.78 is 5.77. The van der Waals surface area contributed by atoms with Gasteiger partial charge in [0.2, 0.25) is 0 Å². The van der Waals surface area contributed by atoms with Crippen molar-refractivity contribution < 1.29 is 9.53 Å². The maximum absolute atomic E-state index is 12.9. The van der Waals surface area contributed by atoms with Gasteiger partial charge in [-0.3, -0.25) is 4.79 Å². The summed E-state index contributed by atoms with van der Waals surface area (Å²) in [6.45, 7) is 1.27. The fourth-order valence-corrected chi connectivity index (χ4v) is 4.44. The van der Waals surface area contributed by atoms with Crippen LogP contribution < -0.4 is 5.73 Å². The molecule has 2 aliphatic rings. The maximum atomic E-state index is 12.9. The van der Waals surface area contributed by atoms with Crippen molar-refractivity contribution in [3.8, 4) is 0 Å². The molecule has 2 unspecified atom stereocenters. The number of nitrogens with two attached hydrogens (primary N) is 1. The van der Waals surface area contributed by atoms with E-state index >= 15 is 0 Å². The molecule has 2 aromatic rings. The zero-order valence-electron chi connectivity index (χ0n) is 11.6. The van der Waals surface area contributed by atoms with E-state index in [1.54, 1.807) is 6.20 Å². The van der Waals surface area contributed by atoms with E-state index in [0.717, 1.165) is 29.5 Å². The van der Waals surface area contributed by atoms with E-state index in [2.05, 4.69) is 4.98 Å². The number of pyridine rings is 1. The number of rotatable bonds is 1. The van der Waals surface area contributed by atoms with Crippen molar-refractivity contribution in [1.29, 1.82) is 0 Å². The predicted molar refractivity (Wildman–Crippen MR) is 82.4 cm³/mol. The SMILES string of the molecule is Nc1c(C(=O)N2CCOC3CCCC32)sc2ncccc12. The summed E-state index contributed by atoms with van der Waals surface area (Å²) in [6, 6.07) is 3.98. The van der Waals surface area contributed by atoms with Crippen molar-refractivity contribution in [1.82, 2.24) is 9.88 Å². The standard InChI is InChI=1S/C15H17N3O2S/c16-12-9-3-2-6-17-14(9)21-13(12)15(19)18-7-8-20-11-5-1-4-10(11)18/h2-3,6,10-11H,1,4-5,7-8,16H2. The molecular formula is C15H17N3O2S. The van der Waals surface area contributed by atoms with Gasteiger partial charge in [-0.05, 0) is 31.4 Å². The molecule has 1 saturated heterocycles. The van der Waals surface area contributed by atoms with Crippen LogP contribution in [0, 0.1) is 0 Å². The average Bonchev–Trinajstić information content (AvgIpc) is 3.11. The van der Waals surface area contributed by atoms with Crippen LogP contribution in [-0.2, 0) is 4.74 Å². The second kappa shape index (κ2) is 4.96. The second-order valence-electron chi connectivity index (χ2n) is 5.61. The third-order valence-electron chi connectivity index (χ3n) is 4.44. The molecule has 110 valence electrons. The van der Waals surface area contributed by atoms with Crippen molar-refractivity contribution in [2.75, 3.05) is 18.9 Å². The van der Waals surface area contributed by atoms with Crippen LogP contribution in [0.4, 0.5) is 5.69 Å². The van der Waals surface area contributed by atoms with Gasteiger partial charge in [-0.2, -0.15) is 0 Å². The minimum atomic E-state index is 0.0377. The highest BCUT2D eigenvalue weighted by Gasteiger charge is 2.39. The first-order valence-electron chi connectivity index (χ1n) is 7.31. The number of nitrogens with zero attached hydrogens (tertiary/aromatic N) is 2. The molecule has 0 aromatic carbocycles. The van der Waals surface area contributed by atoms with E-state index in [9.17, 15) is 4.79 Å². The van der Waals surface area contributed by atoms with Gasteiger partial charge in [0.15, 0.2) is 0 Å². The Balaban J connectivity index is 1.71. The lowest BCUT2D eigenvalue weighted by atomic mass is 10.1. The number of hydrogen-bond acceptors (Lipinski definition) is 5. The number of aromatic nitrogens is 1. The number of morpholine rings is 1. The van der Waals surface area contributed by atoms with E-state index < -0.39 is 0 Å². The molecule has 1 aliphatic heterocycles. The molecule has 3 heterocycles. The number of carbonyl (C=O) groups excluding carboxylic acids is 1. The molecule has 4 rings (SSSR count). The third-order valence-corrected chi connectivity index (χ3v) is 5.56. The minimum Gasteiger partial charge on any atom is -0.397 e. The highest BCUT2D eigenvalue weighted by molar-refractivity contribution is 7.21. The van der Waals surface area contributed by atoms with Crippen molar-refractivity contribution in [2.24, 2.45) is 0 Å². The molecule has 2 atom stereocenters. The summed E-state index contributed by atoms with van der Waals surface area (Å²) in [5.41, 5.74) is 6.74. The summed E-state index contributed by atoms with van der Waals surface area (Å²) in [5.74, 6) is 0.0377. The number of hydrogen-bond donors (Lipinski definition) is 1. The van der Waals surface area contributed by atoms with Crippen LogP contribution in [0.15, 0.2) is 18.3 Å². The first-order valence-corrected chi connectivity index (χ1v) is 8.13. The van der Waals surface area contributed by atoms with E-state index in [4.69, 9.17) is 10.5 Å². The van der Waals surface area contributed by atoms with Gasteiger partial charge < -0.3 is 15.4 Å². The summed E-state index contributed by atoms with van der Waals surface area (Å²) in [4.78, 5) is 20.6. The predicted octanol–water partition coefficient (Wildman–Crippen LogP) is 2.27. The fraction of sp³-hybridized carbons (Fsp3) is 0.467. The lowest BCUT2D eigenvalue weighted by Crippen LogP contribution is -2.51. The van der Waals surface area contributed by atoms with Crippen LogP contribution in [0.5, 0.6) is 0 Å². The first-order chi connectivity index (χ1) is 10.3. The van der Waals surface area contributed by atoms with Crippen molar-refractivity contribution in [3.05, 3.63) is 23.2 Å². The van der Waals surface area contributed by atoms with Gasteiger partial charge in [0, 0.05) is 18.1 Å². The Hall–Kier alpha value is -1.66. The number of fused-ring (bicyclic) bond motifs is 2. The van der Waals surface area contributed by atoms with Gasteiger partial charge in [-0.15, -0.1) is 11.3 Å². The number of amides is 1. The van der Waals surface area contributed by atoms with Crippen LogP contribution >= 0.6 is 11.3 Å². The van der Waals surface area contributed by atoms with Crippen LogP contribution in [0.2, 0.25) is 0 Å². The van der Waals surface area contributed by atoms with Gasteiger partial charge in [0.05, 0.1) is 24.4 Å². The number of anilines is 1. The zero-order valence-corrected chi connectivity index (χ0v) is 12.4. The molecule has 0 bridgehead atoms. The Morgan fingerprint density at radius 2 is 2.38 bits per heavy atom. The highest BCUT2D eigenvalue weighted by atomic mass is 32.1. The number of nitrogen functional groups attached to an aromatic ring is 1. The molecule has 21 heavy (non-hydrogen) atoms. The molecule has 1 saturated carbocycles. The Kier molecular flexibility index (Phi) is 3.08. The topological polar surface area (TPSA) is 68.5 Å². The normalized spacial score (nSPS) is 25.2. The number of ether oxygens (including phenoxy) is 1. The molecule has 2 N–H and O–H groups in total. The summed E-state index contributed by atoms with van der Waals surface area (Å²) in [7, 11) is 0. The molecule has 1 amide bonds. The largest absolute Gasteiger partial charge is 0.397 e. The maximum Gasteiger partial charge on any atom is 0.266 e. The van der Waals surface area contributed by atoms with E-state index in [0.29, 0.717) is 23.7 Å². The minimum absolute atomic E-state index is 0.0377. The summed E-state index contributed by atoms with van der Waals surface area (Å²) in [6.07, 6.45) is 5.14. The molecule has 1 aliphatic carbocycles. The van der Waals surface area contributed by atoms with Crippen LogP contribution in [0.1, 0.15) is 28.9 Å². The molecule has 0 spiro atoms. The Labute approximate surface area is 126 Å². The molecule has 2 aromatic heterocycles. The number of thiophene rings is 1. The van der Waals surface area contributed by atoms with Crippen molar-refractivity contribution >= 4 is 33.1 Å². The monoisotopic (exact) mass is 303 g/mol. The highest BCUT2D eigenvalue weighted by Crippen LogP contribution is 2.36. The van der Waals surface area contributed by atoms with Crippen molar-refractivity contribution in [2.45, 2.75) is 31.4 Å². The van der Waals surface area contributed by atoms with Gasteiger partial charge in [0.25, 0.3) is 5.91 Å². The lowest BCUT2D eigenvalue weighted by molar-refractivity contribution is -0.0443. The lowest BCUT2D eigenvalue weighted by Gasteiger charge is -2.37.